The van der Waals surface area contributed by atoms with Crippen LogP contribution in [0.2, 0.25) is 31.7 Å². The fourth-order valence-electron chi connectivity index (χ4n) is 5.49. The van der Waals surface area contributed by atoms with Crippen LogP contribution < -0.4 is 5.09 Å². The van der Waals surface area contributed by atoms with E-state index in [0.29, 0.717) is 0 Å². The summed E-state index contributed by atoms with van der Waals surface area (Å²) in [6.45, 7) is 37.7. The molecule has 0 aliphatic carbocycles. The van der Waals surface area contributed by atoms with Crippen LogP contribution in [-0.2, 0) is 0 Å². The molecule has 26 heavy (non-hydrogen) atoms. The zero-order chi connectivity index (χ0) is 21.6. The molecule has 0 aliphatic rings. The molecule has 0 rings (SSSR count). The standard InChI is InChI=1S/C21H49N3Si2/c1-17(2,3)25(16,18(4,5)6)23-22-24-26(19(7,8)9,20(10,11)12)21(13,14)15/h1-16H3,(H,23,24). The van der Waals surface area contributed by atoms with E-state index in [9.17, 15) is 0 Å². The Hall–Kier alpha value is -0.166. The van der Waals surface area contributed by atoms with Gasteiger partial charge >= 0.3 is 0 Å². The maximum Gasteiger partial charge on any atom is 0.227 e. The average molecular weight is 400 g/mol. The molecular weight excluding hydrogens is 350 g/mol. The molecule has 0 aromatic heterocycles. The maximum absolute atomic E-state index is 5.27. The van der Waals surface area contributed by atoms with Gasteiger partial charge in [0.1, 0.15) is 0 Å². The molecule has 0 amide bonds. The van der Waals surface area contributed by atoms with Crippen LogP contribution in [0.4, 0.5) is 0 Å². The Labute approximate surface area is 167 Å². The van der Waals surface area contributed by atoms with Crippen LogP contribution in [-0.4, -0.2) is 16.5 Å². The smallest absolute Gasteiger partial charge is 0.227 e. The lowest BCUT2D eigenvalue weighted by Crippen LogP contribution is -2.60. The molecule has 0 saturated heterocycles. The fraction of sp³-hybridized carbons (Fsp3) is 1.00. The molecular formula is C21H49N3Si2. The van der Waals surface area contributed by atoms with E-state index in [1.807, 2.05) is 0 Å². The van der Waals surface area contributed by atoms with Crippen molar-refractivity contribution in [3.05, 3.63) is 0 Å². The Morgan fingerprint density at radius 3 is 0.962 bits per heavy atom. The molecule has 156 valence electrons. The summed E-state index contributed by atoms with van der Waals surface area (Å²) < 4.78 is 5.27. The quantitative estimate of drug-likeness (QED) is 0.288. The highest BCUT2D eigenvalue weighted by molar-refractivity contribution is 6.86. The van der Waals surface area contributed by atoms with E-state index in [0.717, 1.165) is 0 Å². The van der Waals surface area contributed by atoms with Crippen molar-refractivity contribution in [3.63, 3.8) is 0 Å². The molecule has 0 fully saturated rings. The molecule has 5 heteroatoms. The van der Waals surface area contributed by atoms with E-state index >= 15 is 0 Å². The summed E-state index contributed by atoms with van der Waals surface area (Å²) in [6.07, 6.45) is 0. The highest BCUT2D eigenvalue weighted by atomic mass is 28.3. The minimum atomic E-state index is -2.20. The van der Waals surface area contributed by atoms with Gasteiger partial charge in [-0.3, -0.25) is 0 Å². The van der Waals surface area contributed by atoms with Gasteiger partial charge in [0.25, 0.3) is 0 Å². The second-order valence-corrected chi connectivity index (χ2v) is 25.0. The number of nitrogens with one attached hydrogen (secondary N) is 1. The largest absolute Gasteiger partial charge is 0.318 e. The van der Waals surface area contributed by atoms with Crippen LogP contribution in [0.25, 0.3) is 0 Å². The second kappa shape index (κ2) is 7.02. The van der Waals surface area contributed by atoms with E-state index in [2.05, 4.69) is 115 Å². The zero-order valence-corrected chi connectivity index (χ0v) is 22.9. The lowest BCUT2D eigenvalue weighted by Gasteiger charge is -2.55. The van der Waals surface area contributed by atoms with E-state index in [-0.39, 0.29) is 25.2 Å². The molecule has 0 aromatic carbocycles. The summed E-state index contributed by atoms with van der Waals surface area (Å²) in [4.78, 5) is 0. The van der Waals surface area contributed by atoms with E-state index in [4.69, 9.17) is 10.0 Å². The van der Waals surface area contributed by atoms with Crippen molar-refractivity contribution in [2.24, 2.45) is 10.0 Å². The van der Waals surface area contributed by atoms with Crippen LogP contribution in [0.3, 0.4) is 0 Å². The first kappa shape index (κ1) is 25.8. The van der Waals surface area contributed by atoms with Crippen molar-refractivity contribution in [1.29, 1.82) is 0 Å². The van der Waals surface area contributed by atoms with Gasteiger partial charge in [-0.1, -0.05) is 109 Å². The number of hydrogen-bond acceptors (Lipinski definition) is 2. The first-order valence-corrected chi connectivity index (χ1v) is 14.6. The molecule has 0 heterocycles. The lowest BCUT2D eigenvalue weighted by atomic mass is 10.2. The van der Waals surface area contributed by atoms with E-state index in [1.165, 1.54) is 0 Å². The van der Waals surface area contributed by atoms with Crippen LogP contribution in [0.5, 0.6) is 0 Å². The third kappa shape index (κ3) is 4.45. The summed E-state index contributed by atoms with van der Waals surface area (Å²) in [5, 5.41) is 9.28. The van der Waals surface area contributed by atoms with Gasteiger partial charge < -0.3 is 5.09 Å². The molecule has 0 atom stereocenters. The number of hydrogen-bond donors (Lipinski definition) is 1. The summed E-state index contributed by atoms with van der Waals surface area (Å²) >= 11 is 0. The molecule has 0 unspecified atom stereocenters. The van der Waals surface area contributed by atoms with E-state index < -0.39 is 16.5 Å². The van der Waals surface area contributed by atoms with Gasteiger partial charge in [-0.15, -0.1) is 0 Å². The molecule has 3 nitrogen and oxygen atoms in total. The minimum absolute atomic E-state index is 0.121. The molecule has 0 bridgehead atoms. The SMILES string of the molecule is CC(C)(C)[Si](C)(N/N=N/[Si](C(C)(C)C)(C(C)(C)C)C(C)(C)C)C(C)(C)C. The Morgan fingerprint density at radius 1 is 0.500 bits per heavy atom. The van der Waals surface area contributed by atoms with Crippen molar-refractivity contribution in [1.82, 2.24) is 5.09 Å². The minimum Gasteiger partial charge on any atom is -0.318 e. The van der Waals surface area contributed by atoms with Crippen molar-refractivity contribution >= 4 is 16.5 Å². The first-order chi connectivity index (χ1) is 11.0. The predicted molar refractivity (Wildman–Crippen MR) is 124 cm³/mol. The third-order valence-electron chi connectivity index (χ3n) is 6.73. The van der Waals surface area contributed by atoms with Crippen molar-refractivity contribution in [3.8, 4) is 0 Å². The molecule has 0 aliphatic heterocycles. The van der Waals surface area contributed by atoms with Gasteiger partial charge in [-0.2, -0.15) is 0 Å². The molecule has 0 spiro atoms. The van der Waals surface area contributed by atoms with Crippen molar-refractivity contribution in [2.75, 3.05) is 0 Å². The Kier molecular flexibility index (Phi) is 6.97. The maximum atomic E-state index is 5.27. The topological polar surface area (TPSA) is 36.8 Å². The van der Waals surface area contributed by atoms with Crippen LogP contribution in [0.1, 0.15) is 104 Å². The van der Waals surface area contributed by atoms with Gasteiger partial charge in [0.2, 0.25) is 8.24 Å². The second-order valence-electron chi connectivity index (χ2n) is 13.4. The monoisotopic (exact) mass is 399 g/mol. The number of rotatable bonds is 3. The van der Waals surface area contributed by atoms with Gasteiger partial charge in [0.15, 0.2) is 8.24 Å². The van der Waals surface area contributed by atoms with Crippen molar-refractivity contribution in [2.45, 2.75) is 136 Å². The van der Waals surface area contributed by atoms with Gasteiger partial charge in [0, 0.05) is 0 Å². The van der Waals surface area contributed by atoms with Crippen molar-refractivity contribution < 1.29 is 0 Å². The summed E-state index contributed by atoms with van der Waals surface area (Å²) in [7, 11) is -4.12. The average Bonchev–Trinajstić information content (AvgIpc) is 2.25. The molecule has 0 aromatic rings. The van der Waals surface area contributed by atoms with Gasteiger partial charge in [-0.05, 0) is 31.7 Å². The predicted octanol–water partition coefficient (Wildman–Crippen LogP) is 8.46. The molecule has 1 N–H and O–H groups in total. The zero-order valence-electron chi connectivity index (χ0n) is 20.9. The fourth-order valence-corrected chi connectivity index (χ4v) is 16.6. The Morgan fingerprint density at radius 2 is 0.769 bits per heavy atom. The molecule has 0 saturated carbocycles. The highest BCUT2D eigenvalue weighted by Gasteiger charge is 2.62. The molecule has 0 radical (unpaired) electrons. The first-order valence-electron chi connectivity index (χ1n) is 10.1. The van der Waals surface area contributed by atoms with E-state index in [1.54, 1.807) is 0 Å². The van der Waals surface area contributed by atoms with Crippen LogP contribution in [0, 0.1) is 0 Å². The van der Waals surface area contributed by atoms with Gasteiger partial charge in [-0.25, -0.2) is 4.78 Å². The Bertz CT molecular complexity index is 454. The van der Waals surface area contributed by atoms with Crippen LogP contribution in [0.15, 0.2) is 10.0 Å². The summed E-state index contributed by atoms with van der Waals surface area (Å²) in [5.41, 5.74) is 0. The summed E-state index contributed by atoms with van der Waals surface area (Å²) in [5.74, 6) is 0. The Balaban J connectivity index is 6.36. The third-order valence-corrected chi connectivity index (χ3v) is 20.2. The van der Waals surface area contributed by atoms with Gasteiger partial charge in [0.05, 0.1) is 0 Å². The highest BCUT2D eigenvalue weighted by Crippen LogP contribution is 2.62. The number of nitrogens with zero attached hydrogens (tertiary/aromatic N) is 2. The lowest BCUT2D eigenvalue weighted by molar-refractivity contribution is 0.520. The van der Waals surface area contributed by atoms with Crippen LogP contribution >= 0.6 is 0 Å². The summed E-state index contributed by atoms with van der Waals surface area (Å²) in [6, 6.07) is 0. The normalized spacial score (nSPS) is 16.3.